The van der Waals surface area contributed by atoms with Crippen LogP contribution in [-0.2, 0) is 6.18 Å². The summed E-state index contributed by atoms with van der Waals surface area (Å²) in [4.78, 5) is 7.06. The third-order valence-electron chi connectivity index (χ3n) is 3.08. The molecule has 0 N–H and O–H groups in total. The number of ether oxygens (including phenoxy) is 2. The molecule has 0 bridgehead atoms. The molecule has 0 amide bonds. The summed E-state index contributed by atoms with van der Waals surface area (Å²) in [5.41, 5.74) is -0.958. The van der Waals surface area contributed by atoms with Gasteiger partial charge in [-0.1, -0.05) is 12.1 Å². The number of hydrogen-bond donors (Lipinski definition) is 0. The lowest BCUT2D eigenvalue weighted by Crippen LogP contribution is -2.08. The summed E-state index contributed by atoms with van der Waals surface area (Å²) in [7, 11) is 1.47. The molecule has 0 saturated carbocycles. The van der Waals surface area contributed by atoms with Crippen molar-refractivity contribution in [2.24, 2.45) is 0 Å². The van der Waals surface area contributed by atoms with Gasteiger partial charge < -0.3 is 9.47 Å². The minimum absolute atomic E-state index is 0.0156. The Labute approximate surface area is 131 Å². The maximum atomic E-state index is 12.9. The zero-order valence-electron chi connectivity index (χ0n) is 12.4. The molecule has 2 aromatic rings. The maximum absolute atomic E-state index is 12.9. The molecular formula is C16H13F3N2O2. The summed E-state index contributed by atoms with van der Waals surface area (Å²) < 4.78 is 49.4. The molecule has 7 heteroatoms. The minimum atomic E-state index is -4.61. The van der Waals surface area contributed by atoms with E-state index in [2.05, 4.69) is 9.83 Å². The topological polar surface area (TPSA) is 35.7 Å². The van der Waals surface area contributed by atoms with Gasteiger partial charge in [0.25, 0.3) is 0 Å². The van der Waals surface area contributed by atoms with Gasteiger partial charge in [-0.3, -0.25) is 0 Å². The van der Waals surface area contributed by atoms with E-state index in [1.54, 1.807) is 25.1 Å². The van der Waals surface area contributed by atoms with Crippen LogP contribution in [0.2, 0.25) is 0 Å². The van der Waals surface area contributed by atoms with Gasteiger partial charge in [0, 0.05) is 6.07 Å². The average molecular weight is 322 g/mol. The van der Waals surface area contributed by atoms with E-state index in [4.69, 9.17) is 16.0 Å². The molecule has 0 fully saturated rings. The predicted molar refractivity (Wildman–Crippen MR) is 77.5 cm³/mol. The molecule has 1 heterocycles. The highest BCUT2D eigenvalue weighted by Gasteiger charge is 2.34. The zero-order valence-corrected chi connectivity index (χ0v) is 12.4. The van der Waals surface area contributed by atoms with Crippen LogP contribution < -0.4 is 9.47 Å². The van der Waals surface area contributed by atoms with Gasteiger partial charge in [-0.25, -0.2) is 9.83 Å². The number of hydrogen-bond acceptors (Lipinski definition) is 3. The van der Waals surface area contributed by atoms with Crippen molar-refractivity contribution >= 4 is 5.69 Å². The number of pyridine rings is 1. The summed E-state index contributed by atoms with van der Waals surface area (Å²) >= 11 is 0. The van der Waals surface area contributed by atoms with Crippen LogP contribution in [0.25, 0.3) is 4.85 Å². The standard InChI is InChI=1S/C16H13F3N2O2/c1-10(13-5-4-6-15(21-13)22-3)23-11-7-8-14(20-2)12(9-11)16(17,18)19/h4-10H,1,3H3. The lowest BCUT2D eigenvalue weighted by molar-refractivity contribution is -0.137. The molecule has 1 unspecified atom stereocenters. The molecule has 0 spiro atoms. The monoisotopic (exact) mass is 322 g/mol. The van der Waals surface area contributed by atoms with E-state index in [-0.39, 0.29) is 5.75 Å². The zero-order chi connectivity index (χ0) is 17.0. The fraction of sp³-hybridized carbons (Fsp3) is 0.250. The Balaban J connectivity index is 2.28. The molecule has 2 rings (SSSR count). The number of halogens is 3. The average Bonchev–Trinajstić information content (AvgIpc) is 2.54. The van der Waals surface area contributed by atoms with E-state index in [1.165, 1.54) is 13.2 Å². The van der Waals surface area contributed by atoms with Gasteiger partial charge >= 0.3 is 6.18 Å². The summed E-state index contributed by atoms with van der Waals surface area (Å²) in [6.07, 6.45) is -5.19. The minimum Gasteiger partial charge on any atom is -0.485 e. The first-order chi connectivity index (χ1) is 10.8. The van der Waals surface area contributed by atoms with E-state index in [0.29, 0.717) is 11.6 Å². The summed E-state index contributed by atoms with van der Waals surface area (Å²) in [5, 5.41) is 0. The molecule has 0 aliphatic carbocycles. The summed E-state index contributed by atoms with van der Waals surface area (Å²) in [5.74, 6) is 0.402. The molecule has 1 aromatic heterocycles. The SMILES string of the molecule is [C-]#[N+]c1ccc(OC(C)c2cccc(OC)n2)cc1C(F)(F)F. The second-order valence-electron chi connectivity index (χ2n) is 4.65. The van der Waals surface area contributed by atoms with Crippen molar-refractivity contribution in [1.82, 2.24) is 4.98 Å². The third kappa shape index (κ3) is 3.92. The van der Waals surface area contributed by atoms with Crippen molar-refractivity contribution in [3.8, 4) is 11.6 Å². The number of nitrogens with zero attached hydrogens (tertiary/aromatic N) is 2. The number of aromatic nitrogens is 1. The van der Waals surface area contributed by atoms with Crippen LogP contribution >= 0.6 is 0 Å². The van der Waals surface area contributed by atoms with Crippen molar-refractivity contribution < 1.29 is 22.6 Å². The lowest BCUT2D eigenvalue weighted by Gasteiger charge is -2.17. The Kier molecular flexibility index (Phi) is 4.74. The van der Waals surface area contributed by atoms with E-state index in [1.807, 2.05) is 0 Å². The Morgan fingerprint density at radius 2 is 1.96 bits per heavy atom. The van der Waals surface area contributed by atoms with Gasteiger partial charge in [0.15, 0.2) is 5.69 Å². The van der Waals surface area contributed by atoms with Crippen molar-refractivity contribution in [1.29, 1.82) is 0 Å². The highest BCUT2D eigenvalue weighted by molar-refractivity contribution is 5.56. The Morgan fingerprint density at radius 1 is 1.22 bits per heavy atom. The van der Waals surface area contributed by atoms with Crippen LogP contribution in [0.5, 0.6) is 11.6 Å². The van der Waals surface area contributed by atoms with E-state index in [9.17, 15) is 13.2 Å². The van der Waals surface area contributed by atoms with Crippen molar-refractivity contribution in [3.63, 3.8) is 0 Å². The normalized spacial score (nSPS) is 12.3. The molecule has 0 saturated heterocycles. The number of methoxy groups -OCH3 is 1. The van der Waals surface area contributed by atoms with E-state index >= 15 is 0 Å². The largest absolute Gasteiger partial charge is 0.485 e. The predicted octanol–water partition coefficient (Wildman–Crippen LogP) is 4.80. The first kappa shape index (κ1) is 16.6. The van der Waals surface area contributed by atoms with E-state index in [0.717, 1.165) is 12.1 Å². The van der Waals surface area contributed by atoms with Crippen LogP contribution in [0, 0.1) is 6.57 Å². The van der Waals surface area contributed by atoms with Gasteiger partial charge in [0.05, 0.1) is 24.9 Å². The van der Waals surface area contributed by atoms with Crippen LogP contribution in [0.4, 0.5) is 18.9 Å². The van der Waals surface area contributed by atoms with Crippen molar-refractivity contribution in [3.05, 3.63) is 59.1 Å². The highest BCUT2D eigenvalue weighted by Crippen LogP contribution is 2.39. The Morgan fingerprint density at radius 3 is 2.57 bits per heavy atom. The molecule has 4 nitrogen and oxygen atoms in total. The first-order valence-electron chi connectivity index (χ1n) is 6.61. The van der Waals surface area contributed by atoms with E-state index < -0.39 is 23.5 Å². The van der Waals surface area contributed by atoms with Crippen LogP contribution in [0.1, 0.15) is 24.3 Å². The van der Waals surface area contributed by atoms with Gasteiger partial charge in [0.1, 0.15) is 11.9 Å². The Hall–Kier alpha value is -2.75. The van der Waals surface area contributed by atoms with Gasteiger partial charge in [-0.05, 0) is 25.1 Å². The quantitative estimate of drug-likeness (QED) is 0.759. The van der Waals surface area contributed by atoms with Crippen LogP contribution in [0.3, 0.4) is 0 Å². The van der Waals surface area contributed by atoms with Gasteiger partial charge in [0.2, 0.25) is 5.88 Å². The third-order valence-corrected chi connectivity index (χ3v) is 3.08. The molecule has 0 aliphatic rings. The molecule has 23 heavy (non-hydrogen) atoms. The molecule has 0 aliphatic heterocycles. The summed E-state index contributed by atoms with van der Waals surface area (Å²) in [6.45, 7) is 8.48. The second kappa shape index (κ2) is 6.57. The molecular weight excluding hydrogens is 309 g/mol. The number of rotatable bonds is 4. The van der Waals surface area contributed by atoms with Crippen LogP contribution in [-0.4, -0.2) is 12.1 Å². The molecule has 1 aromatic carbocycles. The number of benzene rings is 1. The van der Waals surface area contributed by atoms with Gasteiger partial charge in [-0.15, -0.1) is 0 Å². The van der Waals surface area contributed by atoms with Crippen LogP contribution in [0.15, 0.2) is 36.4 Å². The first-order valence-corrected chi connectivity index (χ1v) is 6.61. The second-order valence-corrected chi connectivity index (χ2v) is 4.65. The number of alkyl halides is 3. The fourth-order valence-electron chi connectivity index (χ4n) is 1.95. The lowest BCUT2D eigenvalue weighted by atomic mass is 10.1. The smallest absolute Gasteiger partial charge is 0.407 e. The fourth-order valence-corrected chi connectivity index (χ4v) is 1.95. The summed E-state index contributed by atoms with van der Waals surface area (Å²) in [6, 6.07) is 8.30. The molecule has 120 valence electrons. The molecule has 0 radical (unpaired) electrons. The molecule has 1 atom stereocenters. The van der Waals surface area contributed by atoms with Crippen molar-refractivity contribution in [2.45, 2.75) is 19.2 Å². The Bertz CT molecular complexity index is 739. The highest BCUT2D eigenvalue weighted by atomic mass is 19.4. The maximum Gasteiger partial charge on any atom is 0.407 e. The van der Waals surface area contributed by atoms with Gasteiger partial charge in [-0.2, -0.15) is 13.2 Å². The van der Waals surface area contributed by atoms with Crippen molar-refractivity contribution in [2.75, 3.05) is 7.11 Å².